The number of anilines is 1. The van der Waals surface area contributed by atoms with Crippen LogP contribution >= 0.6 is 0 Å². The highest BCUT2D eigenvalue weighted by molar-refractivity contribution is 5.39. The number of rotatable bonds is 3. The Labute approximate surface area is 82.6 Å². The molecule has 14 heavy (non-hydrogen) atoms. The Balaban J connectivity index is 2.31. The number of hydrogen-bond donors (Lipinski definition) is 1. The van der Waals surface area contributed by atoms with Gasteiger partial charge in [0.25, 0.3) is 0 Å². The molecule has 0 spiro atoms. The van der Waals surface area contributed by atoms with Crippen molar-refractivity contribution in [2.45, 2.75) is 6.92 Å². The van der Waals surface area contributed by atoms with E-state index in [1.165, 1.54) is 0 Å². The van der Waals surface area contributed by atoms with Crippen LogP contribution in [0.5, 0.6) is 0 Å². The Bertz CT molecular complexity index is 394. The van der Waals surface area contributed by atoms with Gasteiger partial charge in [0.15, 0.2) is 5.82 Å². The third-order valence-corrected chi connectivity index (χ3v) is 1.83. The second-order valence-corrected chi connectivity index (χ2v) is 2.86. The maximum absolute atomic E-state index is 4.39. The molecule has 0 fully saturated rings. The molecule has 2 aromatic rings. The molecule has 1 N–H and O–H groups in total. The van der Waals surface area contributed by atoms with Gasteiger partial charge in [-0.25, -0.2) is 9.67 Å². The van der Waals surface area contributed by atoms with E-state index in [2.05, 4.69) is 15.4 Å². The van der Waals surface area contributed by atoms with Crippen molar-refractivity contribution >= 4 is 5.82 Å². The molecule has 0 aromatic carbocycles. The van der Waals surface area contributed by atoms with Gasteiger partial charge in [0.05, 0.1) is 0 Å². The minimum Gasteiger partial charge on any atom is -0.370 e. The Morgan fingerprint density at radius 3 is 3.00 bits per heavy atom. The summed E-state index contributed by atoms with van der Waals surface area (Å²) in [6, 6.07) is 7.70. The maximum Gasteiger partial charge on any atom is 0.155 e. The van der Waals surface area contributed by atoms with Gasteiger partial charge in [0, 0.05) is 18.9 Å². The van der Waals surface area contributed by atoms with Crippen LogP contribution in [0.25, 0.3) is 5.82 Å². The lowest BCUT2D eigenvalue weighted by molar-refractivity contribution is 0.847. The summed E-state index contributed by atoms with van der Waals surface area (Å²) >= 11 is 0. The quantitative estimate of drug-likeness (QED) is 0.797. The Hall–Kier alpha value is -1.84. The first kappa shape index (κ1) is 8.74. The van der Waals surface area contributed by atoms with Crippen LogP contribution in [0.2, 0.25) is 0 Å². The molecule has 0 bridgehead atoms. The third kappa shape index (κ3) is 1.74. The van der Waals surface area contributed by atoms with Gasteiger partial charge in [-0.15, -0.1) is 0 Å². The van der Waals surface area contributed by atoms with Gasteiger partial charge in [-0.05, 0) is 25.1 Å². The fraction of sp³-hybridized carbons (Fsp3) is 0.200. The fourth-order valence-electron chi connectivity index (χ4n) is 1.23. The van der Waals surface area contributed by atoms with Gasteiger partial charge in [0.2, 0.25) is 0 Å². The van der Waals surface area contributed by atoms with Crippen LogP contribution in [0, 0.1) is 0 Å². The molecule has 0 aliphatic heterocycles. The summed E-state index contributed by atoms with van der Waals surface area (Å²) in [5.74, 6) is 1.70. The van der Waals surface area contributed by atoms with Crippen molar-refractivity contribution in [2.75, 3.05) is 11.9 Å². The average molecular weight is 188 g/mol. The Morgan fingerprint density at radius 2 is 2.29 bits per heavy atom. The molecule has 0 atom stereocenters. The lowest BCUT2D eigenvalue weighted by atomic mass is 10.4. The lowest BCUT2D eigenvalue weighted by Crippen LogP contribution is -2.03. The zero-order chi connectivity index (χ0) is 9.80. The fourth-order valence-corrected chi connectivity index (χ4v) is 1.23. The zero-order valence-electron chi connectivity index (χ0n) is 8.01. The van der Waals surface area contributed by atoms with Crippen LogP contribution in [0.4, 0.5) is 5.82 Å². The first-order chi connectivity index (χ1) is 6.90. The van der Waals surface area contributed by atoms with E-state index < -0.39 is 0 Å². The molecule has 2 rings (SSSR count). The van der Waals surface area contributed by atoms with Gasteiger partial charge in [-0.3, -0.25) is 0 Å². The van der Waals surface area contributed by atoms with Crippen LogP contribution < -0.4 is 5.32 Å². The van der Waals surface area contributed by atoms with Crippen molar-refractivity contribution in [1.29, 1.82) is 0 Å². The summed E-state index contributed by atoms with van der Waals surface area (Å²) in [6.45, 7) is 2.91. The summed E-state index contributed by atoms with van der Waals surface area (Å²) in [7, 11) is 0. The smallest absolute Gasteiger partial charge is 0.155 e. The van der Waals surface area contributed by atoms with Gasteiger partial charge in [0.1, 0.15) is 5.82 Å². The van der Waals surface area contributed by atoms with Crippen molar-refractivity contribution in [1.82, 2.24) is 14.8 Å². The zero-order valence-corrected chi connectivity index (χ0v) is 8.01. The second-order valence-electron chi connectivity index (χ2n) is 2.86. The van der Waals surface area contributed by atoms with Crippen molar-refractivity contribution in [3.63, 3.8) is 0 Å². The Morgan fingerprint density at radius 1 is 1.36 bits per heavy atom. The molecule has 2 aromatic heterocycles. The van der Waals surface area contributed by atoms with Gasteiger partial charge >= 0.3 is 0 Å². The minimum absolute atomic E-state index is 0.827. The summed E-state index contributed by atoms with van der Waals surface area (Å²) in [6.07, 6.45) is 3.61. The van der Waals surface area contributed by atoms with Crippen LogP contribution in [0.1, 0.15) is 6.92 Å². The number of pyridine rings is 1. The largest absolute Gasteiger partial charge is 0.370 e. The van der Waals surface area contributed by atoms with E-state index in [9.17, 15) is 0 Å². The maximum atomic E-state index is 4.39. The highest BCUT2D eigenvalue weighted by Gasteiger charge is 1.98. The van der Waals surface area contributed by atoms with Crippen LogP contribution in [-0.4, -0.2) is 21.3 Å². The van der Waals surface area contributed by atoms with Crippen molar-refractivity contribution in [3.8, 4) is 5.82 Å². The predicted octanol–water partition coefficient (Wildman–Crippen LogP) is 1.70. The van der Waals surface area contributed by atoms with Gasteiger partial charge in [-0.2, -0.15) is 5.10 Å². The second kappa shape index (κ2) is 3.91. The molecule has 0 radical (unpaired) electrons. The molecule has 0 saturated heterocycles. The van der Waals surface area contributed by atoms with E-state index in [1.54, 1.807) is 10.9 Å². The van der Waals surface area contributed by atoms with Crippen molar-refractivity contribution in [3.05, 3.63) is 36.7 Å². The highest BCUT2D eigenvalue weighted by Crippen LogP contribution is 2.07. The monoisotopic (exact) mass is 188 g/mol. The van der Waals surface area contributed by atoms with Gasteiger partial charge in [-0.1, -0.05) is 6.07 Å². The first-order valence-corrected chi connectivity index (χ1v) is 4.61. The number of hydrogen-bond acceptors (Lipinski definition) is 3. The SMILES string of the molecule is CCNc1cccc(-n2cccn2)n1. The number of aromatic nitrogens is 3. The average Bonchev–Trinajstić information content (AvgIpc) is 2.71. The summed E-state index contributed by atoms with van der Waals surface area (Å²) in [4.78, 5) is 4.39. The molecule has 0 amide bonds. The summed E-state index contributed by atoms with van der Waals surface area (Å²) < 4.78 is 1.74. The molecular weight excluding hydrogens is 176 g/mol. The molecule has 4 heteroatoms. The summed E-state index contributed by atoms with van der Waals surface area (Å²) in [5.41, 5.74) is 0. The highest BCUT2D eigenvalue weighted by atomic mass is 15.3. The summed E-state index contributed by atoms with van der Waals surface area (Å²) in [5, 5.41) is 7.27. The first-order valence-electron chi connectivity index (χ1n) is 4.61. The normalized spacial score (nSPS) is 10.1. The molecule has 72 valence electrons. The van der Waals surface area contributed by atoms with E-state index in [1.807, 2.05) is 37.4 Å². The van der Waals surface area contributed by atoms with E-state index in [4.69, 9.17) is 0 Å². The van der Waals surface area contributed by atoms with Crippen molar-refractivity contribution in [2.24, 2.45) is 0 Å². The molecular formula is C10H12N4. The van der Waals surface area contributed by atoms with Gasteiger partial charge < -0.3 is 5.32 Å². The standard InChI is InChI=1S/C10H12N4/c1-2-11-9-5-3-6-10(13-9)14-8-4-7-12-14/h3-8H,2H2,1H3,(H,11,13). The third-order valence-electron chi connectivity index (χ3n) is 1.83. The number of nitrogens with zero attached hydrogens (tertiary/aromatic N) is 3. The predicted molar refractivity (Wildman–Crippen MR) is 55.5 cm³/mol. The molecule has 2 heterocycles. The molecule has 4 nitrogen and oxygen atoms in total. The number of nitrogens with one attached hydrogen (secondary N) is 1. The van der Waals surface area contributed by atoms with E-state index in [-0.39, 0.29) is 0 Å². The molecule has 0 aliphatic carbocycles. The Kier molecular flexibility index (Phi) is 2.44. The van der Waals surface area contributed by atoms with E-state index in [0.717, 1.165) is 18.2 Å². The molecule has 0 unspecified atom stereocenters. The van der Waals surface area contributed by atoms with E-state index in [0.29, 0.717) is 0 Å². The lowest BCUT2D eigenvalue weighted by Gasteiger charge is -2.04. The van der Waals surface area contributed by atoms with E-state index >= 15 is 0 Å². The van der Waals surface area contributed by atoms with Crippen molar-refractivity contribution < 1.29 is 0 Å². The van der Waals surface area contributed by atoms with Crippen LogP contribution in [-0.2, 0) is 0 Å². The minimum atomic E-state index is 0.827. The van der Waals surface area contributed by atoms with Crippen LogP contribution in [0.3, 0.4) is 0 Å². The topological polar surface area (TPSA) is 42.7 Å². The molecule has 0 saturated carbocycles. The van der Waals surface area contributed by atoms with Crippen LogP contribution in [0.15, 0.2) is 36.7 Å². The molecule has 0 aliphatic rings.